The fraction of sp³-hybridized carbons (Fsp3) is 1.00. The van der Waals surface area contributed by atoms with Crippen LogP contribution < -0.4 is 5.32 Å². The average Bonchev–Trinajstić information content (AvgIpc) is 2.16. The van der Waals surface area contributed by atoms with Crippen molar-refractivity contribution in [1.82, 2.24) is 10.2 Å². The van der Waals surface area contributed by atoms with Crippen LogP contribution in [-0.2, 0) is 0 Å². The first-order chi connectivity index (χ1) is 6.72. The number of likely N-dealkylation sites (tertiary alicyclic amines) is 1. The number of piperidine rings is 1. The highest BCUT2D eigenvalue weighted by Gasteiger charge is 2.19. The summed E-state index contributed by atoms with van der Waals surface area (Å²) in [5, 5.41) is 3.15. The van der Waals surface area contributed by atoms with Gasteiger partial charge in [0.25, 0.3) is 0 Å². The van der Waals surface area contributed by atoms with E-state index in [4.69, 9.17) is 0 Å². The van der Waals surface area contributed by atoms with Crippen molar-refractivity contribution in [3.63, 3.8) is 0 Å². The summed E-state index contributed by atoms with van der Waals surface area (Å²) >= 11 is 0. The Morgan fingerprint density at radius 2 is 2.29 bits per heavy atom. The van der Waals surface area contributed by atoms with Crippen LogP contribution in [0.4, 0.5) is 8.78 Å². The van der Waals surface area contributed by atoms with Crippen molar-refractivity contribution >= 4 is 0 Å². The Bertz CT molecular complexity index is 151. The van der Waals surface area contributed by atoms with Crippen molar-refractivity contribution in [3.05, 3.63) is 0 Å². The number of halogens is 2. The lowest BCUT2D eigenvalue weighted by Gasteiger charge is -2.32. The fourth-order valence-electron chi connectivity index (χ4n) is 2.09. The molecule has 14 heavy (non-hydrogen) atoms. The van der Waals surface area contributed by atoms with Gasteiger partial charge in [-0.25, -0.2) is 8.78 Å². The molecule has 1 aliphatic rings. The van der Waals surface area contributed by atoms with Crippen LogP contribution >= 0.6 is 0 Å². The van der Waals surface area contributed by atoms with Gasteiger partial charge < -0.3 is 10.2 Å². The Balaban J connectivity index is 2.18. The highest BCUT2D eigenvalue weighted by atomic mass is 19.3. The lowest BCUT2D eigenvalue weighted by molar-refractivity contribution is 0.0994. The third kappa shape index (κ3) is 4.33. The summed E-state index contributed by atoms with van der Waals surface area (Å²) in [5.41, 5.74) is 0. The molecule has 0 radical (unpaired) electrons. The zero-order chi connectivity index (χ0) is 10.4. The van der Waals surface area contributed by atoms with Gasteiger partial charge >= 0.3 is 0 Å². The molecule has 1 atom stereocenters. The summed E-state index contributed by atoms with van der Waals surface area (Å²) in [6, 6.07) is 0. The molecule has 1 saturated heterocycles. The molecule has 0 aliphatic carbocycles. The molecule has 4 heteroatoms. The molecule has 0 saturated carbocycles. The molecular weight excluding hydrogens is 186 g/mol. The van der Waals surface area contributed by atoms with Gasteiger partial charge in [-0.3, -0.25) is 0 Å². The molecule has 1 fully saturated rings. The first-order valence-corrected chi connectivity index (χ1v) is 5.37. The van der Waals surface area contributed by atoms with Crippen LogP contribution in [0.2, 0.25) is 0 Å². The second-order valence-corrected chi connectivity index (χ2v) is 4.05. The smallest absolute Gasteiger partial charge is 0.239 e. The van der Waals surface area contributed by atoms with Gasteiger partial charge in [-0.05, 0) is 38.9 Å². The van der Waals surface area contributed by atoms with Gasteiger partial charge in [-0.2, -0.15) is 0 Å². The monoisotopic (exact) mass is 206 g/mol. The van der Waals surface area contributed by atoms with E-state index in [1.807, 2.05) is 7.05 Å². The number of alkyl halides is 2. The van der Waals surface area contributed by atoms with Crippen LogP contribution in [-0.4, -0.2) is 44.6 Å². The maximum absolute atomic E-state index is 12.0. The van der Waals surface area contributed by atoms with E-state index in [9.17, 15) is 8.78 Å². The van der Waals surface area contributed by atoms with Crippen molar-refractivity contribution in [2.45, 2.75) is 25.7 Å². The number of hydrogen-bond acceptors (Lipinski definition) is 2. The SMILES string of the molecule is CNCC1CCCN(CCC(F)F)C1. The van der Waals surface area contributed by atoms with E-state index in [0.29, 0.717) is 12.5 Å². The molecule has 0 aromatic carbocycles. The molecule has 1 N–H and O–H groups in total. The predicted molar refractivity (Wildman–Crippen MR) is 53.7 cm³/mol. The van der Waals surface area contributed by atoms with Crippen LogP contribution in [0.15, 0.2) is 0 Å². The van der Waals surface area contributed by atoms with Gasteiger partial charge in [0.05, 0.1) is 0 Å². The standard InChI is InChI=1S/C10H20F2N2/c1-13-7-9-3-2-5-14(8-9)6-4-10(11)12/h9-10,13H,2-8H2,1H3. The van der Waals surface area contributed by atoms with Gasteiger partial charge in [0, 0.05) is 19.5 Å². The molecule has 0 amide bonds. The third-order valence-electron chi connectivity index (χ3n) is 2.76. The Labute approximate surface area is 84.7 Å². The topological polar surface area (TPSA) is 15.3 Å². The van der Waals surface area contributed by atoms with E-state index in [1.165, 1.54) is 6.42 Å². The van der Waals surface area contributed by atoms with Crippen molar-refractivity contribution in [3.8, 4) is 0 Å². The van der Waals surface area contributed by atoms with Gasteiger partial charge in [-0.15, -0.1) is 0 Å². The van der Waals surface area contributed by atoms with Gasteiger partial charge in [0.2, 0.25) is 6.43 Å². The molecule has 0 bridgehead atoms. The molecule has 1 unspecified atom stereocenters. The molecule has 1 heterocycles. The molecule has 0 aromatic rings. The minimum atomic E-state index is -2.15. The fourth-order valence-corrected chi connectivity index (χ4v) is 2.09. The molecule has 2 nitrogen and oxygen atoms in total. The summed E-state index contributed by atoms with van der Waals surface area (Å²) in [6.07, 6.45) is 0.244. The maximum Gasteiger partial charge on any atom is 0.239 e. The lowest BCUT2D eigenvalue weighted by atomic mass is 9.98. The van der Waals surface area contributed by atoms with E-state index >= 15 is 0 Å². The first-order valence-electron chi connectivity index (χ1n) is 5.37. The molecule has 84 valence electrons. The third-order valence-corrected chi connectivity index (χ3v) is 2.76. The average molecular weight is 206 g/mol. The Hall–Kier alpha value is -0.220. The van der Waals surface area contributed by atoms with Crippen LogP contribution in [0, 0.1) is 5.92 Å². The summed E-state index contributed by atoms with van der Waals surface area (Å²) in [6.45, 7) is 3.53. The van der Waals surface area contributed by atoms with Crippen LogP contribution in [0.25, 0.3) is 0 Å². The van der Waals surface area contributed by atoms with Crippen LogP contribution in [0.1, 0.15) is 19.3 Å². The van der Waals surface area contributed by atoms with E-state index in [1.54, 1.807) is 0 Å². The molecule has 0 aromatic heterocycles. The highest BCUT2D eigenvalue weighted by molar-refractivity contribution is 4.74. The van der Waals surface area contributed by atoms with Crippen molar-refractivity contribution < 1.29 is 8.78 Å². The second-order valence-electron chi connectivity index (χ2n) is 4.05. The molecular formula is C10H20F2N2. The normalized spacial score (nSPS) is 24.4. The summed E-state index contributed by atoms with van der Waals surface area (Å²) in [7, 11) is 1.94. The van der Waals surface area contributed by atoms with Crippen molar-refractivity contribution in [1.29, 1.82) is 0 Å². The van der Waals surface area contributed by atoms with Crippen molar-refractivity contribution in [2.75, 3.05) is 33.2 Å². The zero-order valence-corrected chi connectivity index (χ0v) is 8.81. The second kappa shape index (κ2) is 6.30. The minimum absolute atomic E-state index is 0.0201. The van der Waals surface area contributed by atoms with Gasteiger partial charge in [-0.1, -0.05) is 0 Å². The number of nitrogens with zero attached hydrogens (tertiary/aromatic N) is 1. The summed E-state index contributed by atoms with van der Waals surface area (Å²) in [4.78, 5) is 2.16. The summed E-state index contributed by atoms with van der Waals surface area (Å²) in [5.74, 6) is 0.645. The van der Waals surface area contributed by atoms with Crippen molar-refractivity contribution in [2.24, 2.45) is 5.92 Å². The predicted octanol–water partition coefficient (Wildman–Crippen LogP) is 1.57. The zero-order valence-electron chi connectivity index (χ0n) is 8.81. The molecule has 1 rings (SSSR count). The van der Waals surface area contributed by atoms with Crippen LogP contribution in [0.3, 0.4) is 0 Å². The van der Waals surface area contributed by atoms with Crippen LogP contribution in [0.5, 0.6) is 0 Å². The Morgan fingerprint density at radius 3 is 2.93 bits per heavy atom. The quantitative estimate of drug-likeness (QED) is 0.734. The van der Waals surface area contributed by atoms with E-state index in [-0.39, 0.29) is 6.42 Å². The minimum Gasteiger partial charge on any atom is -0.319 e. The highest BCUT2D eigenvalue weighted by Crippen LogP contribution is 2.16. The number of rotatable bonds is 5. The van der Waals surface area contributed by atoms with E-state index < -0.39 is 6.43 Å². The van der Waals surface area contributed by atoms with E-state index in [0.717, 1.165) is 26.1 Å². The lowest BCUT2D eigenvalue weighted by Crippen LogP contribution is -2.39. The Kier molecular flexibility index (Phi) is 5.33. The first kappa shape index (κ1) is 11.9. The largest absolute Gasteiger partial charge is 0.319 e. The van der Waals surface area contributed by atoms with Gasteiger partial charge in [0.1, 0.15) is 0 Å². The van der Waals surface area contributed by atoms with Gasteiger partial charge in [0.15, 0.2) is 0 Å². The number of hydrogen-bond donors (Lipinski definition) is 1. The molecule has 0 spiro atoms. The molecule has 1 aliphatic heterocycles. The summed E-state index contributed by atoms with van der Waals surface area (Å²) < 4.78 is 24.0. The van der Waals surface area contributed by atoms with E-state index in [2.05, 4.69) is 10.2 Å². The Morgan fingerprint density at radius 1 is 1.50 bits per heavy atom. The maximum atomic E-state index is 12.0. The number of nitrogens with one attached hydrogen (secondary N) is 1.